The summed E-state index contributed by atoms with van der Waals surface area (Å²) in [6, 6.07) is 0. The topological polar surface area (TPSA) is 32.5 Å². The zero-order valence-electron chi connectivity index (χ0n) is 10.7. The molecule has 1 aliphatic heterocycles. The van der Waals surface area contributed by atoms with Gasteiger partial charge in [0.1, 0.15) is 0 Å². The maximum absolute atomic E-state index is 6.26. The zero-order chi connectivity index (χ0) is 11.4. The van der Waals surface area contributed by atoms with E-state index >= 15 is 0 Å². The van der Waals surface area contributed by atoms with Gasteiger partial charge in [-0.15, -0.1) is 0 Å². The third kappa shape index (κ3) is 3.19. The fraction of sp³-hybridized carbons (Fsp3) is 1.00. The van der Waals surface area contributed by atoms with E-state index in [0.29, 0.717) is 0 Å². The third-order valence-corrected chi connectivity index (χ3v) is 4.28. The molecule has 2 fully saturated rings. The summed E-state index contributed by atoms with van der Waals surface area (Å²) in [7, 11) is 0. The maximum atomic E-state index is 6.26. The van der Waals surface area contributed by atoms with Crippen LogP contribution in [0, 0.1) is 0 Å². The van der Waals surface area contributed by atoms with Crippen LogP contribution in [0.2, 0.25) is 0 Å². The fourth-order valence-corrected chi connectivity index (χ4v) is 2.81. The van der Waals surface area contributed by atoms with Gasteiger partial charge in [-0.25, -0.2) is 0 Å². The molecule has 0 unspecified atom stereocenters. The van der Waals surface area contributed by atoms with Crippen molar-refractivity contribution in [1.29, 1.82) is 0 Å². The highest BCUT2D eigenvalue weighted by molar-refractivity contribution is 4.93. The smallest absolute Gasteiger partial charge is 0.0166 e. The molecule has 3 heteroatoms. The van der Waals surface area contributed by atoms with Crippen LogP contribution in [-0.4, -0.2) is 54.6 Å². The lowest BCUT2D eigenvalue weighted by molar-refractivity contribution is 0.113. The van der Waals surface area contributed by atoms with Crippen molar-refractivity contribution in [2.24, 2.45) is 5.73 Å². The molecule has 1 saturated heterocycles. The quantitative estimate of drug-likeness (QED) is 0.765. The molecule has 0 atom stereocenters. The summed E-state index contributed by atoms with van der Waals surface area (Å²) >= 11 is 0. The number of rotatable bonds is 5. The Kier molecular flexibility index (Phi) is 4.22. The molecule has 0 spiro atoms. The van der Waals surface area contributed by atoms with Crippen molar-refractivity contribution in [3.63, 3.8) is 0 Å². The minimum Gasteiger partial charge on any atom is -0.325 e. The van der Waals surface area contributed by atoms with Crippen LogP contribution in [0.5, 0.6) is 0 Å². The second-order valence-corrected chi connectivity index (χ2v) is 5.65. The summed E-state index contributed by atoms with van der Waals surface area (Å²) in [6.45, 7) is 9.76. The van der Waals surface area contributed by atoms with Crippen molar-refractivity contribution < 1.29 is 0 Å². The molecule has 0 aromatic carbocycles. The fourth-order valence-electron chi connectivity index (χ4n) is 2.81. The number of nitrogens with zero attached hydrogens (tertiary/aromatic N) is 2. The Hall–Kier alpha value is -0.120. The predicted molar refractivity (Wildman–Crippen MR) is 68.6 cm³/mol. The first-order valence-electron chi connectivity index (χ1n) is 6.95. The summed E-state index contributed by atoms with van der Waals surface area (Å²) in [4.78, 5) is 5.18. The highest BCUT2D eigenvalue weighted by atomic mass is 15.3. The molecular formula is C13H27N3. The van der Waals surface area contributed by atoms with Gasteiger partial charge in [0.25, 0.3) is 0 Å². The Balaban J connectivity index is 1.61. The van der Waals surface area contributed by atoms with Gasteiger partial charge in [0.15, 0.2) is 0 Å². The van der Waals surface area contributed by atoms with Gasteiger partial charge in [-0.05, 0) is 45.2 Å². The Morgan fingerprint density at radius 1 is 1.00 bits per heavy atom. The Morgan fingerprint density at radius 2 is 1.56 bits per heavy atom. The summed E-state index contributed by atoms with van der Waals surface area (Å²) in [5.74, 6) is 0. The van der Waals surface area contributed by atoms with Crippen molar-refractivity contribution in [3.8, 4) is 0 Å². The van der Waals surface area contributed by atoms with Gasteiger partial charge in [0.05, 0.1) is 0 Å². The molecule has 0 aromatic heterocycles. The monoisotopic (exact) mass is 225 g/mol. The van der Waals surface area contributed by atoms with Crippen LogP contribution in [-0.2, 0) is 0 Å². The van der Waals surface area contributed by atoms with Crippen molar-refractivity contribution in [2.75, 3.05) is 39.3 Å². The molecule has 0 amide bonds. The van der Waals surface area contributed by atoms with Crippen molar-refractivity contribution in [2.45, 2.75) is 44.6 Å². The summed E-state index contributed by atoms with van der Waals surface area (Å²) in [6.07, 6.45) is 6.35. The lowest BCUT2D eigenvalue weighted by Gasteiger charge is -2.41. The number of nitrogens with two attached hydrogens (primary N) is 1. The first kappa shape index (κ1) is 12.3. The van der Waals surface area contributed by atoms with Crippen molar-refractivity contribution in [3.05, 3.63) is 0 Å². The van der Waals surface area contributed by atoms with Crippen molar-refractivity contribution >= 4 is 0 Å². The molecule has 1 aliphatic carbocycles. The number of piperazine rings is 1. The second kappa shape index (κ2) is 5.48. The van der Waals surface area contributed by atoms with Crippen LogP contribution in [0.25, 0.3) is 0 Å². The van der Waals surface area contributed by atoms with Crippen LogP contribution in [0.15, 0.2) is 0 Å². The molecule has 2 rings (SSSR count). The highest BCUT2D eigenvalue weighted by Crippen LogP contribution is 2.32. The van der Waals surface area contributed by atoms with Gasteiger partial charge in [0, 0.05) is 31.7 Å². The average molecular weight is 225 g/mol. The first-order chi connectivity index (χ1) is 7.72. The van der Waals surface area contributed by atoms with E-state index in [1.165, 1.54) is 71.4 Å². The van der Waals surface area contributed by atoms with Gasteiger partial charge >= 0.3 is 0 Å². The van der Waals surface area contributed by atoms with E-state index in [1.807, 2.05) is 0 Å². The van der Waals surface area contributed by atoms with Crippen LogP contribution >= 0.6 is 0 Å². The molecule has 0 radical (unpaired) electrons. The predicted octanol–water partition coefficient (Wildman–Crippen LogP) is 1.29. The SMILES string of the molecule is CCCN1CCN(CCC2(N)CCC2)CC1. The maximum Gasteiger partial charge on any atom is 0.0166 e. The van der Waals surface area contributed by atoms with Crippen LogP contribution in [0.4, 0.5) is 0 Å². The number of hydrogen-bond acceptors (Lipinski definition) is 3. The molecule has 0 bridgehead atoms. The standard InChI is InChI=1S/C13H27N3/c1-2-7-15-9-11-16(12-10-15)8-6-13(14)4-3-5-13/h2-12,14H2,1H3. The lowest BCUT2D eigenvalue weighted by Crippen LogP contribution is -2.51. The molecule has 2 aliphatic rings. The van der Waals surface area contributed by atoms with E-state index < -0.39 is 0 Å². The van der Waals surface area contributed by atoms with Crippen LogP contribution in [0.3, 0.4) is 0 Å². The van der Waals surface area contributed by atoms with E-state index in [-0.39, 0.29) is 5.54 Å². The summed E-state index contributed by atoms with van der Waals surface area (Å²) in [5.41, 5.74) is 6.47. The highest BCUT2D eigenvalue weighted by Gasteiger charge is 2.32. The normalized spacial score (nSPS) is 26.6. The van der Waals surface area contributed by atoms with E-state index in [2.05, 4.69) is 16.7 Å². The van der Waals surface area contributed by atoms with E-state index in [1.54, 1.807) is 0 Å². The van der Waals surface area contributed by atoms with Crippen LogP contribution < -0.4 is 5.73 Å². The minimum absolute atomic E-state index is 0.209. The number of hydrogen-bond donors (Lipinski definition) is 1. The van der Waals surface area contributed by atoms with Gasteiger partial charge in [-0.3, -0.25) is 0 Å². The van der Waals surface area contributed by atoms with Gasteiger partial charge < -0.3 is 15.5 Å². The molecule has 16 heavy (non-hydrogen) atoms. The Labute approximate surface area is 100.0 Å². The largest absolute Gasteiger partial charge is 0.325 e. The molecule has 0 aromatic rings. The third-order valence-electron chi connectivity index (χ3n) is 4.28. The molecule has 3 nitrogen and oxygen atoms in total. The summed E-state index contributed by atoms with van der Waals surface area (Å²) in [5, 5.41) is 0. The van der Waals surface area contributed by atoms with Crippen molar-refractivity contribution in [1.82, 2.24) is 9.80 Å². The van der Waals surface area contributed by atoms with Gasteiger partial charge in [-0.1, -0.05) is 6.92 Å². The molecule has 94 valence electrons. The molecule has 1 heterocycles. The molecular weight excluding hydrogens is 198 g/mol. The van der Waals surface area contributed by atoms with E-state index in [0.717, 1.165) is 0 Å². The minimum atomic E-state index is 0.209. The average Bonchev–Trinajstić information content (AvgIpc) is 2.26. The Bertz CT molecular complexity index is 205. The van der Waals surface area contributed by atoms with Gasteiger partial charge in [0.2, 0.25) is 0 Å². The van der Waals surface area contributed by atoms with E-state index in [4.69, 9.17) is 5.73 Å². The first-order valence-corrected chi connectivity index (χ1v) is 6.95. The van der Waals surface area contributed by atoms with Gasteiger partial charge in [-0.2, -0.15) is 0 Å². The second-order valence-electron chi connectivity index (χ2n) is 5.65. The lowest BCUT2D eigenvalue weighted by atomic mass is 9.75. The van der Waals surface area contributed by atoms with E-state index in [9.17, 15) is 0 Å². The zero-order valence-corrected chi connectivity index (χ0v) is 10.7. The molecule has 1 saturated carbocycles. The summed E-state index contributed by atoms with van der Waals surface area (Å²) < 4.78 is 0. The molecule has 2 N–H and O–H groups in total. The Morgan fingerprint density at radius 3 is 2.00 bits per heavy atom. The van der Waals surface area contributed by atoms with Crippen LogP contribution in [0.1, 0.15) is 39.0 Å².